The van der Waals surface area contributed by atoms with Crippen molar-refractivity contribution in [3.63, 3.8) is 0 Å². The molecular weight excluding hydrogens is 396 g/mol. The minimum Gasteiger partial charge on any atom is -0.364 e. The summed E-state index contributed by atoms with van der Waals surface area (Å²) in [6, 6.07) is 8.15. The zero-order valence-corrected chi connectivity index (χ0v) is 15.7. The number of hydrogen-bond donors (Lipinski definition) is 3. The second-order valence-electron chi connectivity index (χ2n) is 6.37. The van der Waals surface area contributed by atoms with Crippen molar-refractivity contribution in [2.75, 3.05) is 18.4 Å². The summed E-state index contributed by atoms with van der Waals surface area (Å²) in [5.41, 5.74) is 8.13. The standard InChI is InChI=1S/C18H19BrN6O/c19-12-4-1-3-11(7-12)14-10-25-15(16(20)26)9-22-17(18(25)24-14)23-13-5-2-6-21-8-13/h1,3-4,7,9-10,13,21H,2,5-6,8H2,(H2,20,26)(H,22,23). The molecule has 1 aliphatic heterocycles. The van der Waals surface area contributed by atoms with Crippen molar-refractivity contribution in [1.29, 1.82) is 0 Å². The Bertz CT molecular complexity index is 963. The fraction of sp³-hybridized carbons (Fsp3) is 0.278. The monoisotopic (exact) mass is 414 g/mol. The minimum atomic E-state index is -0.536. The van der Waals surface area contributed by atoms with Crippen LogP contribution in [-0.4, -0.2) is 39.4 Å². The summed E-state index contributed by atoms with van der Waals surface area (Å²) in [4.78, 5) is 20.9. The van der Waals surface area contributed by atoms with Gasteiger partial charge in [0.15, 0.2) is 11.5 Å². The largest absolute Gasteiger partial charge is 0.364 e. The van der Waals surface area contributed by atoms with E-state index in [4.69, 9.17) is 10.7 Å². The number of imidazole rings is 1. The molecule has 134 valence electrons. The van der Waals surface area contributed by atoms with E-state index in [0.717, 1.165) is 41.7 Å². The zero-order valence-electron chi connectivity index (χ0n) is 14.1. The molecule has 8 heteroatoms. The van der Waals surface area contributed by atoms with Crippen molar-refractivity contribution in [3.8, 4) is 11.3 Å². The van der Waals surface area contributed by atoms with Crippen LogP contribution in [0.5, 0.6) is 0 Å². The van der Waals surface area contributed by atoms with Gasteiger partial charge in [-0.05, 0) is 31.5 Å². The Kier molecular flexibility index (Phi) is 4.60. The Morgan fingerprint density at radius 2 is 2.31 bits per heavy atom. The SMILES string of the molecule is NC(=O)c1cnc(NC2CCCNC2)c2nc(-c3cccc(Br)c3)cn12. The highest BCUT2D eigenvalue weighted by Crippen LogP contribution is 2.26. The maximum absolute atomic E-state index is 11.8. The average molecular weight is 415 g/mol. The van der Waals surface area contributed by atoms with Crippen LogP contribution in [0.3, 0.4) is 0 Å². The lowest BCUT2D eigenvalue weighted by molar-refractivity contribution is 0.0994. The molecule has 0 saturated carbocycles. The number of carbonyl (C=O) groups is 1. The second-order valence-corrected chi connectivity index (χ2v) is 7.29. The van der Waals surface area contributed by atoms with Crippen LogP contribution in [0.4, 0.5) is 5.82 Å². The second kappa shape index (κ2) is 7.05. The van der Waals surface area contributed by atoms with Gasteiger partial charge in [0.2, 0.25) is 0 Å². The topological polar surface area (TPSA) is 97.3 Å². The highest BCUT2D eigenvalue weighted by atomic mass is 79.9. The number of halogens is 1. The molecule has 7 nitrogen and oxygen atoms in total. The highest BCUT2D eigenvalue weighted by molar-refractivity contribution is 9.10. The van der Waals surface area contributed by atoms with Crippen molar-refractivity contribution in [2.24, 2.45) is 5.73 Å². The molecule has 0 bridgehead atoms. The van der Waals surface area contributed by atoms with Crippen molar-refractivity contribution in [1.82, 2.24) is 19.7 Å². The maximum Gasteiger partial charge on any atom is 0.267 e. The molecule has 26 heavy (non-hydrogen) atoms. The number of nitrogens with one attached hydrogen (secondary N) is 2. The molecule has 1 aromatic carbocycles. The number of amides is 1. The third-order valence-electron chi connectivity index (χ3n) is 4.50. The van der Waals surface area contributed by atoms with Gasteiger partial charge >= 0.3 is 0 Å². The molecule has 0 radical (unpaired) electrons. The highest BCUT2D eigenvalue weighted by Gasteiger charge is 2.19. The number of rotatable bonds is 4. The van der Waals surface area contributed by atoms with Crippen LogP contribution in [0.1, 0.15) is 23.3 Å². The van der Waals surface area contributed by atoms with Crippen LogP contribution in [0.15, 0.2) is 41.1 Å². The Labute approximate surface area is 159 Å². The summed E-state index contributed by atoms with van der Waals surface area (Å²) in [7, 11) is 0. The van der Waals surface area contributed by atoms with Crippen molar-refractivity contribution >= 4 is 33.3 Å². The van der Waals surface area contributed by atoms with Crippen molar-refractivity contribution in [2.45, 2.75) is 18.9 Å². The smallest absolute Gasteiger partial charge is 0.267 e. The molecule has 1 fully saturated rings. The van der Waals surface area contributed by atoms with Gasteiger partial charge in [0.25, 0.3) is 5.91 Å². The normalized spacial score (nSPS) is 17.3. The molecule has 4 N–H and O–H groups in total. The summed E-state index contributed by atoms with van der Waals surface area (Å²) >= 11 is 3.48. The predicted molar refractivity (Wildman–Crippen MR) is 104 cm³/mol. The van der Waals surface area contributed by atoms with Gasteiger partial charge in [-0.15, -0.1) is 0 Å². The van der Waals surface area contributed by atoms with Gasteiger partial charge in [0.05, 0.1) is 11.9 Å². The number of nitrogens with two attached hydrogens (primary N) is 1. The van der Waals surface area contributed by atoms with E-state index in [0.29, 0.717) is 17.2 Å². The van der Waals surface area contributed by atoms with Gasteiger partial charge in [0.1, 0.15) is 5.69 Å². The predicted octanol–water partition coefficient (Wildman–Crippen LogP) is 2.42. The first-order valence-corrected chi connectivity index (χ1v) is 9.32. The van der Waals surface area contributed by atoms with Crippen LogP contribution in [0.2, 0.25) is 0 Å². The van der Waals surface area contributed by atoms with Gasteiger partial charge in [-0.2, -0.15) is 0 Å². The molecule has 0 aliphatic carbocycles. The summed E-state index contributed by atoms with van der Waals surface area (Å²) in [5, 5.41) is 6.82. The number of fused-ring (bicyclic) bond motifs is 1. The van der Waals surface area contributed by atoms with Gasteiger partial charge < -0.3 is 16.4 Å². The third kappa shape index (κ3) is 3.30. The lowest BCUT2D eigenvalue weighted by atomic mass is 10.1. The van der Waals surface area contributed by atoms with E-state index < -0.39 is 5.91 Å². The Hall–Kier alpha value is -2.45. The van der Waals surface area contributed by atoms with E-state index in [-0.39, 0.29) is 6.04 Å². The quantitative estimate of drug-likeness (QED) is 0.608. The molecule has 1 saturated heterocycles. The lowest BCUT2D eigenvalue weighted by Gasteiger charge is -2.24. The molecule has 2 aromatic heterocycles. The number of benzene rings is 1. The van der Waals surface area contributed by atoms with Crippen LogP contribution >= 0.6 is 15.9 Å². The van der Waals surface area contributed by atoms with Crippen molar-refractivity contribution < 1.29 is 4.79 Å². The average Bonchev–Trinajstić information content (AvgIpc) is 3.08. The maximum atomic E-state index is 11.8. The molecule has 4 rings (SSSR count). The van der Waals surface area contributed by atoms with E-state index in [2.05, 4.69) is 31.5 Å². The van der Waals surface area contributed by atoms with E-state index in [1.165, 1.54) is 6.20 Å². The number of piperidine rings is 1. The van der Waals surface area contributed by atoms with Gasteiger partial charge in [-0.25, -0.2) is 9.97 Å². The fourth-order valence-corrected chi connectivity index (χ4v) is 3.62. The van der Waals surface area contributed by atoms with Gasteiger partial charge in [-0.1, -0.05) is 28.1 Å². The molecule has 3 heterocycles. The van der Waals surface area contributed by atoms with E-state index in [9.17, 15) is 4.79 Å². The molecule has 1 atom stereocenters. The van der Waals surface area contributed by atoms with Crippen LogP contribution in [0, 0.1) is 0 Å². The van der Waals surface area contributed by atoms with Crippen LogP contribution < -0.4 is 16.4 Å². The molecule has 0 spiro atoms. The summed E-state index contributed by atoms with van der Waals surface area (Å²) in [5.74, 6) is 0.122. The van der Waals surface area contributed by atoms with Crippen LogP contribution in [-0.2, 0) is 0 Å². The molecule has 1 aliphatic rings. The van der Waals surface area contributed by atoms with E-state index in [1.807, 2.05) is 30.5 Å². The minimum absolute atomic E-state index is 0.283. The Balaban J connectivity index is 1.80. The number of nitrogens with zero attached hydrogens (tertiary/aromatic N) is 3. The molecule has 1 amide bonds. The van der Waals surface area contributed by atoms with Crippen LogP contribution in [0.25, 0.3) is 16.9 Å². The van der Waals surface area contributed by atoms with Crippen molar-refractivity contribution in [3.05, 3.63) is 46.8 Å². The lowest BCUT2D eigenvalue weighted by Crippen LogP contribution is -2.38. The number of aromatic nitrogens is 3. The van der Waals surface area contributed by atoms with Gasteiger partial charge in [0, 0.05) is 28.8 Å². The van der Waals surface area contributed by atoms with E-state index >= 15 is 0 Å². The Morgan fingerprint density at radius 3 is 3.04 bits per heavy atom. The first-order valence-electron chi connectivity index (χ1n) is 8.53. The third-order valence-corrected chi connectivity index (χ3v) is 5.00. The fourth-order valence-electron chi connectivity index (χ4n) is 3.22. The Morgan fingerprint density at radius 1 is 1.42 bits per heavy atom. The first-order chi connectivity index (χ1) is 12.6. The zero-order chi connectivity index (χ0) is 18.1. The van der Waals surface area contributed by atoms with E-state index in [1.54, 1.807) is 4.40 Å². The number of hydrogen-bond acceptors (Lipinski definition) is 5. The summed E-state index contributed by atoms with van der Waals surface area (Å²) in [6.45, 7) is 1.92. The number of anilines is 1. The summed E-state index contributed by atoms with van der Waals surface area (Å²) < 4.78 is 2.68. The molecule has 3 aromatic rings. The number of primary amides is 1. The summed E-state index contributed by atoms with van der Waals surface area (Å²) in [6.07, 6.45) is 5.51. The van der Waals surface area contributed by atoms with Gasteiger partial charge in [-0.3, -0.25) is 9.20 Å². The molecule has 1 unspecified atom stereocenters. The number of carbonyl (C=O) groups excluding carboxylic acids is 1. The molecular formula is C18H19BrN6O. The first kappa shape index (κ1) is 17.0.